The summed E-state index contributed by atoms with van der Waals surface area (Å²) in [4.78, 5) is 38.3. The molecule has 19 nitrogen and oxygen atoms in total. The smallest absolute Gasteiger partial charge is 0.192 e. The highest BCUT2D eigenvalue weighted by Gasteiger charge is 2.44. The number of hydrogen-bond acceptors (Lipinski definition) is 18. The first-order chi connectivity index (χ1) is 64.8. The standard InChI is InChI=1S/C10H12.C8H8N2.C8H7NO.4C7H9N.C7H12.C7H14.C6H6FN.C6H8N2.C6H7N.C6H12.2C5H6N2.C5H11N.C4H8O2.C4H8/c1-8-6-9-4-2-3-5-10(9)7-8;1-10-6-7-4-2-3-5-8(7)9-10;1-6-9-7-4-2-3-5-8(7)10-6;1-6-3-4-8-7(2)5-6;1-6-3-4-7(2)8-5-6;1-6-4-3-5-8-7(6)2;1-6-4-3-5-7(2)8-6;1-5-2-6-4-7(6)3-5;1-7-5-3-2-4-6-7;1-5-2-3-6(7)4-8-5;1-5-3-4-6(2)8-7-5;1-6-4-2-3-5-7-6;1-6-4-2-3-5-6;1-5-6-3-2-4-7-5;1-5-3-2-4-6-7-5;1-6-4-2-3-5-6;1-4-5-2-3-6-4;1-4-2-3-4/h2-5,8H,6-7H2,1H3;2-6H,1H3;2-5H,1H3;4*3-5H,1-2H3;5-7H,2-4H2,1H3;7H,2-6H2,1H3;2-4H,1H3;3-4H,1-2H3;2-5H,1H3;6H,2-5H2,1H3;2*2-4H,1H3;2-5H2,1H3;4H,2-3H2,1H3;4H,2-3H2,1H3. The zero-order valence-corrected chi connectivity index (χ0v) is 86.0. The van der Waals surface area contributed by atoms with E-state index in [2.05, 4.69) is 179 Å². The lowest BCUT2D eigenvalue weighted by molar-refractivity contribution is -0.0254. The molecule has 2 atom stereocenters. The topological polar surface area (TPSA) is 220 Å². The molecule has 0 radical (unpaired) electrons. The Morgan fingerprint density at radius 1 is 0.356 bits per heavy atom. The minimum Gasteiger partial charge on any atom is -0.441 e. The molecule has 2 saturated heterocycles. The van der Waals surface area contributed by atoms with E-state index < -0.39 is 0 Å². The third kappa shape index (κ3) is 57.1. The van der Waals surface area contributed by atoms with E-state index in [9.17, 15) is 4.39 Å². The highest BCUT2D eigenvalue weighted by molar-refractivity contribution is 5.77. The maximum Gasteiger partial charge on any atom is 0.192 e. The van der Waals surface area contributed by atoms with Gasteiger partial charge in [0.15, 0.2) is 17.8 Å². The molecule has 0 bridgehead atoms. The van der Waals surface area contributed by atoms with E-state index in [0.717, 1.165) is 128 Å². The normalized spacial score (nSPS) is 15.9. The number of aromatic nitrogens is 15. The van der Waals surface area contributed by atoms with Crippen LogP contribution in [0.4, 0.5) is 4.39 Å². The third-order valence-electron chi connectivity index (χ3n) is 22.6. The summed E-state index contributed by atoms with van der Waals surface area (Å²) < 4.78 is 29.0. The summed E-state index contributed by atoms with van der Waals surface area (Å²) in [6.07, 6.45) is 42.1. The summed E-state index contributed by atoms with van der Waals surface area (Å²) in [6.45, 7) is 47.1. The number of oxazole rings is 1. The van der Waals surface area contributed by atoms with Gasteiger partial charge in [0.2, 0.25) is 0 Å². The lowest BCUT2D eigenvalue weighted by Crippen LogP contribution is -2.10. The van der Waals surface area contributed by atoms with Gasteiger partial charge in [0.25, 0.3) is 0 Å². The first kappa shape index (κ1) is 114. The summed E-state index contributed by atoms with van der Waals surface area (Å²) >= 11 is 0. The van der Waals surface area contributed by atoms with E-state index in [1.165, 1.54) is 156 Å². The SMILES string of the molecule is CC1CC1.CC1CC2CC2C1.CC1CCCC1.CC1CCCCC1.CC1Cc2ccccc2C1.CC1OCCO1.CN1CCCC1.Cc1ccc(C)nc1.Cc1ccc(C)nn1.Cc1ccc(F)cn1.Cc1cccc(C)n1.Cc1ccccn1.Cc1cccnc1C.Cc1cccnn1.Cc1ccnc(C)c1.Cc1nc2ccccc2o1.Cc1ncccn1.Cn1cc2ccccc2n1. The van der Waals surface area contributed by atoms with Crippen molar-refractivity contribution in [2.75, 3.05) is 33.4 Å². The maximum atomic E-state index is 12.0. The van der Waals surface area contributed by atoms with Crippen LogP contribution in [0.25, 0.3) is 22.0 Å². The highest BCUT2D eigenvalue weighted by Crippen LogP contribution is 2.54. The number of fused-ring (bicyclic) bond motifs is 4. The lowest BCUT2D eigenvalue weighted by atomic mass is 9.91. The van der Waals surface area contributed by atoms with Crippen LogP contribution < -0.4 is 0 Å². The van der Waals surface area contributed by atoms with Crippen molar-refractivity contribution in [3.63, 3.8) is 0 Å². The van der Waals surface area contributed by atoms with Gasteiger partial charge in [0, 0.05) is 109 Å². The van der Waals surface area contributed by atoms with Crippen LogP contribution in [0.3, 0.4) is 0 Å². The number of nitrogens with zero attached hydrogens (tertiary/aromatic N) is 16. The second-order valence-electron chi connectivity index (χ2n) is 36.7. The van der Waals surface area contributed by atoms with Gasteiger partial charge >= 0.3 is 0 Å². The summed E-state index contributed by atoms with van der Waals surface area (Å²) in [5, 5.41) is 20.4. The van der Waals surface area contributed by atoms with Crippen LogP contribution in [0.5, 0.6) is 0 Å². The number of hydrogen-bond donors (Lipinski definition) is 0. The fraction of sp³-hybridized carbons (Fsp3) is 0.461. The van der Waals surface area contributed by atoms with Crippen molar-refractivity contribution >= 4 is 22.0 Å². The summed E-state index contributed by atoms with van der Waals surface area (Å²) in [5.74, 6) is 8.75. The fourth-order valence-electron chi connectivity index (χ4n) is 14.4. The van der Waals surface area contributed by atoms with E-state index in [1.807, 2.05) is 255 Å². The van der Waals surface area contributed by atoms with Gasteiger partial charge in [-0.3, -0.25) is 34.6 Å². The van der Waals surface area contributed by atoms with E-state index in [-0.39, 0.29) is 12.1 Å². The number of aryl methyl sites for hydroxylation is 16. The molecule has 0 spiro atoms. The Morgan fingerprint density at radius 3 is 1.20 bits per heavy atom. The fourth-order valence-corrected chi connectivity index (χ4v) is 14.4. The zero-order valence-electron chi connectivity index (χ0n) is 86.0. The Labute approximate surface area is 810 Å². The molecule has 3 aromatic carbocycles. The van der Waals surface area contributed by atoms with Crippen LogP contribution >= 0.6 is 0 Å². The van der Waals surface area contributed by atoms with E-state index in [1.54, 1.807) is 67.3 Å². The van der Waals surface area contributed by atoms with Crippen molar-refractivity contribution in [1.82, 2.24) is 79.9 Å². The molecule has 135 heavy (non-hydrogen) atoms. The quantitative estimate of drug-likeness (QED) is 0.138. The van der Waals surface area contributed by atoms with Crippen molar-refractivity contribution in [1.29, 1.82) is 0 Å². The molecule has 11 aromatic heterocycles. The van der Waals surface area contributed by atoms with Crippen molar-refractivity contribution < 1.29 is 18.3 Å². The number of rotatable bonds is 0. The van der Waals surface area contributed by atoms with Crippen LogP contribution in [0.2, 0.25) is 0 Å². The summed E-state index contributed by atoms with van der Waals surface area (Å²) in [6, 6.07) is 61.0. The van der Waals surface area contributed by atoms with Crippen LogP contribution in [0.1, 0.15) is 241 Å². The summed E-state index contributed by atoms with van der Waals surface area (Å²) in [7, 11) is 4.10. The van der Waals surface area contributed by atoms with Crippen molar-refractivity contribution in [3.8, 4) is 0 Å². The number of benzene rings is 3. The van der Waals surface area contributed by atoms with Gasteiger partial charge in [0.05, 0.1) is 42.0 Å². The second kappa shape index (κ2) is 67.7. The predicted molar refractivity (Wildman–Crippen MR) is 557 cm³/mol. The molecule has 0 N–H and O–H groups in total. The molecule has 13 heterocycles. The van der Waals surface area contributed by atoms with Crippen molar-refractivity contribution in [2.24, 2.45) is 48.5 Å². The Balaban J connectivity index is 0.000000253. The van der Waals surface area contributed by atoms with Gasteiger partial charge in [-0.1, -0.05) is 184 Å². The molecule has 14 aromatic rings. The maximum absolute atomic E-state index is 12.0. The molecule has 2 unspecified atom stereocenters. The van der Waals surface area contributed by atoms with Gasteiger partial charge in [-0.05, 0) is 347 Å². The number of ether oxygens (including phenoxy) is 2. The predicted octanol–water partition coefficient (Wildman–Crippen LogP) is 27.9. The molecule has 6 aliphatic carbocycles. The Kier molecular flexibility index (Phi) is 57.2. The monoisotopic (exact) mass is 1830 g/mol. The number of para-hydroxylation sites is 2. The molecule has 8 aliphatic rings. The largest absolute Gasteiger partial charge is 0.441 e. The Bertz CT molecular complexity index is 4750. The van der Waals surface area contributed by atoms with Gasteiger partial charge in [-0.25, -0.2) is 19.3 Å². The average molecular weight is 1830 g/mol. The minimum absolute atomic E-state index is 0.0463. The van der Waals surface area contributed by atoms with Gasteiger partial charge in [-0.15, -0.1) is 0 Å². The zero-order chi connectivity index (χ0) is 98.3. The number of pyridine rings is 6. The van der Waals surface area contributed by atoms with Crippen LogP contribution in [0.15, 0.2) is 248 Å². The average Bonchev–Trinajstić information content (AvgIpc) is 1.63. The molecule has 0 amide bonds. The first-order valence-electron chi connectivity index (χ1n) is 48.8. The Morgan fingerprint density at radius 2 is 0.852 bits per heavy atom. The van der Waals surface area contributed by atoms with Crippen molar-refractivity contribution in [2.45, 2.75) is 267 Å². The molecular weight excluding hydrogens is 1670 g/mol. The molecule has 22 rings (SSSR count). The lowest BCUT2D eigenvalue weighted by Gasteiger charge is -2.15. The van der Waals surface area contributed by atoms with Gasteiger partial charge < -0.3 is 18.8 Å². The Hall–Kier alpha value is -11.5. The van der Waals surface area contributed by atoms with E-state index in [4.69, 9.17) is 13.9 Å². The number of halogens is 1. The van der Waals surface area contributed by atoms with Crippen LogP contribution in [-0.2, 0) is 29.4 Å². The van der Waals surface area contributed by atoms with Gasteiger partial charge in [0.1, 0.15) is 17.2 Å². The number of likely N-dealkylation sites (tertiary alicyclic amines) is 1. The van der Waals surface area contributed by atoms with Gasteiger partial charge in [-0.2, -0.15) is 25.5 Å². The molecule has 5 saturated carbocycles. The molecular formula is C115H161FN16O3. The molecule has 726 valence electrons. The molecule has 20 heteroatoms. The molecule has 7 fully saturated rings. The first-order valence-corrected chi connectivity index (χ1v) is 48.8. The van der Waals surface area contributed by atoms with Crippen LogP contribution in [0, 0.1) is 151 Å². The van der Waals surface area contributed by atoms with Crippen LogP contribution in [-0.4, -0.2) is 120 Å². The third-order valence-corrected chi connectivity index (χ3v) is 22.6. The second-order valence-corrected chi connectivity index (χ2v) is 36.7. The minimum atomic E-state index is -0.282. The molecule has 2 aliphatic heterocycles. The van der Waals surface area contributed by atoms with Crippen molar-refractivity contribution in [3.05, 3.63) is 346 Å². The summed E-state index contributed by atoms with van der Waals surface area (Å²) in [5.41, 5.74) is 20.0. The van der Waals surface area contributed by atoms with E-state index in [0.29, 0.717) is 0 Å². The highest BCUT2D eigenvalue weighted by atomic mass is 19.1. The van der Waals surface area contributed by atoms with E-state index >= 15 is 0 Å².